The minimum atomic E-state index is -0.434. The predicted octanol–water partition coefficient (Wildman–Crippen LogP) is 5.23. The van der Waals surface area contributed by atoms with Crippen molar-refractivity contribution in [2.24, 2.45) is 0 Å². The third-order valence-electron chi connectivity index (χ3n) is 3.81. The van der Waals surface area contributed by atoms with Crippen LogP contribution in [0.25, 0.3) is 10.8 Å². The summed E-state index contributed by atoms with van der Waals surface area (Å²) in [4.78, 5) is 12.4. The van der Waals surface area contributed by atoms with Gasteiger partial charge in [-0.05, 0) is 57.4 Å². The van der Waals surface area contributed by atoms with Crippen LogP contribution in [0.15, 0.2) is 65.1 Å². The molecule has 0 fully saturated rings. The molecule has 3 aromatic rings. The second kappa shape index (κ2) is 6.50. The van der Waals surface area contributed by atoms with E-state index in [1.54, 1.807) is 0 Å². The van der Waals surface area contributed by atoms with Gasteiger partial charge in [0.15, 0.2) is 0 Å². The molecule has 1 N–H and O–H groups in total. The Hall–Kier alpha value is -2.20. The van der Waals surface area contributed by atoms with Crippen LogP contribution in [0.1, 0.15) is 28.9 Å². The van der Waals surface area contributed by atoms with Crippen molar-refractivity contribution in [3.8, 4) is 0 Å². The number of halogens is 2. The van der Waals surface area contributed by atoms with Gasteiger partial charge < -0.3 is 5.32 Å². The first-order chi connectivity index (χ1) is 11.1. The van der Waals surface area contributed by atoms with Crippen molar-refractivity contribution in [1.82, 2.24) is 5.32 Å². The van der Waals surface area contributed by atoms with Gasteiger partial charge in [0.1, 0.15) is 5.82 Å². The van der Waals surface area contributed by atoms with E-state index in [1.165, 1.54) is 18.2 Å². The van der Waals surface area contributed by atoms with Gasteiger partial charge in [0.2, 0.25) is 0 Å². The van der Waals surface area contributed by atoms with Crippen molar-refractivity contribution in [2.75, 3.05) is 0 Å². The molecule has 1 atom stereocenters. The van der Waals surface area contributed by atoms with E-state index in [1.807, 2.05) is 49.4 Å². The Labute approximate surface area is 142 Å². The Balaban J connectivity index is 1.90. The Bertz CT molecular complexity index is 873. The highest BCUT2D eigenvalue weighted by Crippen LogP contribution is 2.25. The summed E-state index contributed by atoms with van der Waals surface area (Å²) in [5.41, 5.74) is 1.32. The zero-order chi connectivity index (χ0) is 16.4. The molecule has 23 heavy (non-hydrogen) atoms. The lowest BCUT2D eigenvalue weighted by atomic mass is 9.99. The molecule has 1 unspecified atom stereocenters. The van der Waals surface area contributed by atoms with Crippen LogP contribution in [0.3, 0.4) is 0 Å². The van der Waals surface area contributed by atoms with Crippen molar-refractivity contribution in [3.05, 3.63) is 82.1 Å². The Morgan fingerprint density at radius 2 is 1.83 bits per heavy atom. The Morgan fingerprint density at radius 3 is 2.65 bits per heavy atom. The van der Waals surface area contributed by atoms with E-state index < -0.39 is 5.82 Å². The van der Waals surface area contributed by atoms with E-state index >= 15 is 0 Å². The minimum absolute atomic E-state index is 0.191. The van der Waals surface area contributed by atoms with Gasteiger partial charge in [0, 0.05) is 4.47 Å². The molecule has 0 saturated heterocycles. The van der Waals surface area contributed by atoms with E-state index in [-0.39, 0.29) is 17.5 Å². The number of fused-ring (bicyclic) bond motifs is 1. The number of benzene rings is 3. The minimum Gasteiger partial charge on any atom is -0.345 e. The third kappa shape index (κ3) is 3.27. The topological polar surface area (TPSA) is 29.1 Å². The molecule has 0 saturated carbocycles. The first-order valence-corrected chi connectivity index (χ1v) is 8.09. The summed E-state index contributed by atoms with van der Waals surface area (Å²) in [5.74, 6) is -0.743. The fourth-order valence-corrected chi connectivity index (χ4v) is 3.08. The van der Waals surface area contributed by atoms with Crippen LogP contribution >= 0.6 is 15.9 Å². The van der Waals surface area contributed by atoms with Crippen molar-refractivity contribution >= 4 is 32.6 Å². The normalized spacial score (nSPS) is 12.1. The van der Waals surface area contributed by atoms with Crippen LogP contribution < -0.4 is 5.32 Å². The number of amides is 1. The second-order valence-corrected chi connectivity index (χ2v) is 6.24. The maximum Gasteiger partial charge on any atom is 0.253 e. The average Bonchev–Trinajstić information content (AvgIpc) is 2.56. The maximum absolute atomic E-state index is 13.4. The van der Waals surface area contributed by atoms with Crippen molar-refractivity contribution in [2.45, 2.75) is 13.0 Å². The molecular weight excluding hydrogens is 357 g/mol. The van der Waals surface area contributed by atoms with Gasteiger partial charge in [-0.3, -0.25) is 4.79 Å². The van der Waals surface area contributed by atoms with Gasteiger partial charge in [-0.1, -0.05) is 42.5 Å². The molecule has 0 bridgehead atoms. The summed E-state index contributed by atoms with van der Waals surface area (Å²) >= 11 is 3.29. The molecule has 3 aromatic carbocycles. The number of hydrogen-bond acceptors (Lipinski definition) is 1. The summed E-state index contributed by atoms with van der Waals surface area (Å²) in [6.07, 6.45) is 0. The Morgan fingerprint density at radius 1 is 1.09 bits per heavy atom. The van der Waals surface area contributed by atoms with Gasteiger partial charge in [0.25, 0.3) is 5.91 Å². The van der Waals surface area contributed by atoms with Crippen LogP contribution in [0, 0.1) is 5.82 Å². The third-order valence-corrected chi connectivity index (χ3v) is 4.50. The smallest absolute Gasteiger partial charge is 0.253 e. The lowest BCUT2D eigenvalue weighted by molar-refractivity contribution is 0.0939. The van der Waals surface area contributed by atoms with E-state index in [0.29, 0.717) is 4.47 Å². The molecular formula is C19H15BrFNO. The Kier molecular flexibility index (Phi) is 4.44. The highest BCUT2D eigenvalue weighted by atomic mass is 79.9. The fourth-order valence-electron chi connectivity index (χ4n) is 2.65. The van der Waals surface area contributed by atoms with Crippen molar-refractivity contribution < 1.29 is 9.18 Å². The van der Waals surface area contributed by atoms with Gasteiger partial charge in [-0.25, -0.2) is 4.39 Å². The van der Waals surface area contributed by atoms with Crippen molar-refractivity contribution in [1.29, 1.82) is 0 Å². The summed E-state index contributed by atoms with van der Waals surface area (Å²) in [6.45, 7) is 1.92. The largest absolute Gasteiger partial charge is 0.345 e. The van der Waals surface area contributed by atoms with E-state index in [2.05, 4.69) is 21.2 Å². The van der Waals surface area contributed by atoms with Crippen LogP contribution in [0.5, 0.6) is 0 Å². The maximum atomic E-state index is 13.4. The highest BCUT2D eigenvalue weighted by Gasteiger charge is 2.16. The number of nitrogens with one attached hydrogen (secondary N) is 1. The molecule has 3 rings (SSSR count). The standard InChI is InChI=1S/C19H15BrFNO/c1-12(15-8-4-6-13-5-2-3-7-16(13)15)22-19(23)17-11-14(21)9-10-18(17)20/h2-12H,1H3,(H,22,23). The number of hydrogen-bond donors (Lipinski definition) is 1. The monoisotopic (exact) mass is 371 g/mol. The van der Waals surface area contributed by atoms with E-state index in [0.717, 1.165) is 16.3 Å². The van der Waals surface area contributed by atoms with Crippen LogP contribution in [0.2, 0.25) is 0 Å². The fraction of sp³-hybridized carbons (Fsp3) is 0.105. The van der Waals surface area contributed by atoms with Crippen molar-refractivity contribution in [3.63, 3.8) is 0 Å². The van der Waals surface area contributed by atoms with Gasteiger partial charge in [-0.2, -0.15) is 0 Å². The average molecular weight is 372 g/mol. The molecule has 2 nitrogen and oxygen atoms in total. The van der Waals surface area contributed by atoms with Gasteiger partial charge in [0.05, 0.1) is 11.6 Å². The number of rotatable bonds is 3. The summed E-state index contributed by atoms with van der Waals surface area (Å²) in [7, 11) is 0. The van der Waals surface area contributed by atoms with Gasteiger partial charge >= 0.3 is 0 Å². The van der Waals surface area contributed by atoms with E-state index in [9.17, 15) is 9.18 Å². The summed E-state index contributed by atoms with van der Waals surface area (Å²) < 4.78 is 13.9. The SMILES string of the molecule is CC(NC(=O)c1cc(F)ccc1Br)c1cccc2ccccc12. The molecule has 0 spiro atoms. The van der Waals surface area contributed by atoms with Crippen LogP contribution in [0.4, 0.5) is 4.39 Å². The van der Waals surface area contributed by atoms with Gasteiger partial charge in [-0.15, -0.1) is 0 Å². The molecule has 4 heteroatoms. The molecule has 0 heterocycles. The quantitative estimate of drug-likeness (QED) is 0.670. The first-order valence-electron chi connectivity index (χ1n) is 7.30. The zero-order valence-electron chi connectivity index (χ0n) is 12.5. The molecule has 0 aliphatic heterocycles. The number of carbonyl (C=O) groups is 1. The number of carbonyl (C=O) groups excluding carboxylic acids is 1. The molecule has 0 radical (unpaired) electrons. The lowest BCUT2D eigenvalue weighted by Crippen LogP contribution is -2.27. The zero-order valence-corrected chi connectivity index (χ0v) is 14.1. The summed E-state index contributed by atoms with van der Waals surface area (Å²) in [6, 6.07) is 17.9. The molecule has 116 valence electrons. The first kappa shape index (κ1) is 15.7. The molecule has 0 aliphatic rings. The van der Waals surface area contributed by atoms with Crippen LogP contribution in [-0.4, -0.2) is 5.91 Å². The lowest BCUT2D eigenvalue weighted by Gasteiger charge is -2.17. The highest BCUT2D eigenvalue weighted by molar-refractivity contribution is 9.10. The second-order valence-electron chi connectivity index (χ2n) is 5.39. The molecule has 0 aliphatic carbocycles. The summed E-state index contributed by atoms with van der Waals surface area (Å²) in [5, 5.41) is 5.16. The van der Waals surface area contributed by atoms with Crippen LogP contribution in [-0.2, 0) is 0 Å². The predicted molar refractivity (Wildman–Crippen MR) is 93.9 cm³/mol. The molecule has 1 amide bonds. The molecule has 0 aromatic heterocycles. The van der Waals surface area contributed by atoms with E-state index in [4.69, 9.17) is 0 Å².